The summed E-state index contributed by atoms with van der Waals surface area (Å²) in [5, 5.41) is 8.64. The van der Waals surface area contributed by atoms with Crippen molar-refractivity contribution in [2.75, 3.05) is 13.7 Å². The molecule has 1 aromatic carbocycles. The number of aromatic nitrogens is 3. The summed E-state index contributed by atoms with van der Waals surface area (Å²) in [6, 6.07) is 7.28. The summed E-state index contributed by atoms with van der Waals surface area (Å²) >= 11 is 5.92. The normalized spacial score (nSPS) is 12.4. The van der Waals surface area contributed by atoms with Crippen molar-refractivity contribution in [1.82, 2.24) is 14.8 Å². The highest BCUT2D eigenvalue weighted by Crippen LogP contribution is 2.23. The first kappa shape index (κ1) is 13.8. The van der Waals surface area contributed by atoms with Crippen molar-refractivity contribution in [3.8, 4) is 5.75 Å². The lowest BCUT2D eigenvalue weighted by atomic mass is 10.3. The highest BCUT2D eigenvalue weighted by molar-refractivity contribution is 6.30. The maximum absolute atomic E-state index is 5.92. The zero-order valence-electron chi connectivity index (χ0n) is 10.9. The van der Waals surface area contributed by atoms with Crippen LogP contribution in [0.25, 0.3) is 0 Å². The molecule has 0 aliphatic carbocycles. The Morgan fingerprint density at radius 2 is 2.26 bits per heavy atom. The quantitative estimate of drug-likeness (QED) is 0.817. The van der Waals surface area contributed by atoms with E-state index in [0.29, 0.717) is 23.9 Å². The predicted molar refractivity (Wildman–Crippen MR) is 72.4 cm³/mol. The van der Waals surface area contributed by atoms with Gasteiger partial charge in [0.1, 0.15) is 12.1 Å². The van der Waals surface area contributed by atoms with Crippen molar-refractivity contribution in [3.63, 3.8) is 0 Å². The molecule has 19 heavy (non-hydrogen) atoms. The molecule has 6 heteroatoms. The Labute approximate surface area is 117 Å². The van der Waals surface area contributed by atoms with E-state index in [9.17, 15) is 0 Å². The lowest BCUT2D eigenvalue weighted by Crippen LogP contribution is -2.13. The van der Waals surface area contributed by atoms with Gasteiger partial charge in [-0.25, -0.2) is 0 Å². The third kappa shape index (κ3) is 3.68. The topological polar surface area (TPSA) is 49.2 Å². The molecule has 5 nitrogen and oxygen atoms in total. The maximum atomic E-state index is 5.92. The summed E-state index contributed by atoms with van der Waals surface area (Å²) in [6.07, 6.45) is 1.46. The van der Waals surface area contributed by atoms with Gasteiger partial charge in [0.25, 0.3) is 0 Å². The van der Waals surface area contributed by atoms with Gasteiger partial charge in [0, 0.05) is 18.7 Å². The van der Waals surface area contributed by atoms with Gasteiger partial charge in [-0.15, -0.1) is 10.2 Å². The van der Waals surface area contributed by atoms with E-state index in [1.165, 1.54) is 0 Å². The van der Waals surface area contributed by atoms with E-state index < -0.39 is 0 Å². The van der Waals surface area contributed by atoms with Crippen molar-refractivity contribution in [1.29, 1.82) is 0 Å². The van der Waals surface area contributed by atoms with Gasteiger partial charge in [-0.2, -0.15) is 0 Å². The van der Waals surface area contributed by atoms with Crippen LogP contribution in [0.5, 0.6) is 5.75 Å². The summed E-state index contributed by atoms with van der Waals surface area (Å²) < 4.78 is 12.8. The largest absolute Gasteiger partial charge is 0.483 e. The number of ether oxygens (including phenoxy) is 2. The Kier molecular flexibility index (Phi) is 4.76. The molecule has 1 unspecified atom stereocenters. The van der Waals surface area contributed by atoms with Gasteiger partial charge in [0.15, 0.2) is 11.9 Å². The molecule has 2 rings (SSSR count). The lowest BCUT2D eigenvalue weighted by molar-refractivity contribution is 0.176. The van der Waals surface area contributed by atoms with Crippen LogP contribution in [0.15, 0.2) is 30.6 Å². The van der Waals surface area contributed by atoms with Crippen LogP contribution in [-0.2, 0) is 11.3 Å². The van der Waals surface area contributed by atoms with Crippen LogP contribution >= 0.6 is 11.6 Å². The van der Waals surface area contributed by atoms with Crippen LogP contribution in [0, 0.1) is 0 Å². The molecule has 0 saturated carbocycles. The summed E-state index contributed by atoms with van der Waals surface area (Å²) in [4.78, 5) is 0. The average molecular weight is 282 g/mol. The van der Waals surface area contributed by atoms with Crippen molar-refractivity contribution in [3.05, 3.63) is 41.4 Å². The molecular formula is C13H16ClN3O2. The molecule has 0 bridgehead atoms. The van der Waals surface area contributed by atoms with Crippen molar-refractivity contribution in [2.24, 2.45) is 0 Å². The van der Waals surface area contributed by atoms with E-state index in [1.54, 1.807) is 25.6 Å². The standard InChI is InChI=1S/C13H16ClN3O2/c1-10(19-12-5-3-4-11(14)8-12)13-16-15-9-17(13)6-7-18-2/h3-5,8-10H,6-7H2,1-2H3. The van der Waals surface area contributed by atoms with Crippen molar-refractivity contribution in [2.45, 2.75) is 19.6 Å². The van der Waals surface area contributed by atoms with E-state index in [2.05, 4.69) is 10.2 Å². The third-order valence-corrected chi connectivity index (χ3v) is 2.89. The average Bonchev–Trinajstić information content (AvgIpc) is 2.84. The van der Waals surface area contributed by atoms with E-state index in [1.807, 2.05) is 23.6 Å². The Morgan fingerprint density at radius 3 is 3.00 bits per heavy atom. The summed E-state index contributed by atoms with van der Waals surface area (Å²) in [5.41, 5.74) is 0. The first-order valence-electron chi connectivity index (χ1n) is 5.99. The fourth-order valence-electron chi connectivity index (χ4n) is 1.74. The number of halogens is 1. The minimum atomic E-state index is -0.210. The summed E-state index contributed by atoms with van der Waals surface area (Å²) in [7, 11) is 1.66. The van der Waals surface area contributed by atoms with Crippen LogP contribution in [0.4, 0.5) is 0 Å². The molecule has 1 aromatic heterocycles. The van der Waals surface area contributed by atoms with Crippen LogP contribution in [0.1, 0.15) is 18.9 Å². The fourth-order valence-corrected chi connectivity index (χ4v) is 1.92. The molecule has 0 aliphatic heterocycles. The van der Waals surface area contributed by atoms with Gasteiger partial charge in [-0.3, -0.25) is 0 Å². The van der Waals surface area contributed by atoms with Gasteiger partial charge in [0.2, 0.25) is 0 Å². The molecule has 1 heterocycles. The minimum Gasteiger partial charge on any atom is -0.483 e. The Bertz CT molecular complexity index is 530. The maximum Gasteiger partial charge on any atom is 0.173 e. The predicted octanol–water partition coefficient (Wildman–Crippen LogP) is 2.72. The summed E-state index contributed by atoms with van der Waals surface area (Å²) in [5.74, 6) is 1.47. The molecule has 0 aliphatic rings. The first-order chi connectivity index (χ1) is 9.20. The molecule has 1 atom stereocenters. The molecule has 0 amide bonds. The second-order valence-corrected chi connectivity index (χ2v) is 4.53. The number of hydrogen-bond acceptors (Lipinski definition) is 4. The lowest BCUT2D eigenvalue weighted by Gasteiger charge is -2.15. The number of benzene rings is 1. The summed E-state index contributed by atoms with van der Waals surface area (Å²) in [6.45, 7) is 3.23. The number of nitrogens with zero attached hydrogens (tertiary/aromatic N) is 3. The molecule has 0 spiro atoms. The van der Waals surface area contributed by atoms with E-state index in [4.69, 9.17) is 21.1 Å². The SMILES string of the molecule is COCCn1cnnc1C(C)Oc1cccc(Cl)c1. The first-order valence-corrected chi connectivity index (χ1v) is 6.37. The molecular weight excluding hydrogens is 266 g/mol. The van der Waals surface area contributed by atoms with Crippen molar-refractivity contribution >= 4 is 11.6 Å². The van der Waals surface area contributed by atoms with E-state index >= 15 is 0 Å². The number of hydrogen-bond donors (Lipinski definition) is 0. The Morgan fingerprint density at radius 1 is 1.42 bits per heavy atom. The van der Waals surface area contributed by atoms with Crippen LogP contribution in [0.2, 0.25) is 5.02 Å². The zero-order valence-corrected chi connectivity index (χ0v) is 11.7. The number of methoxy groups -OCH3 is 1. The molecule has 102 valence electrons. The molecule has 0 saturated heterocycles. The van der Waals surface area contributed by atoms with Gasteiger partial charge >= 0.3 is 0 Å². The van der Waals surface area contributed by atoms with Gasteiger partial charge < -0.3 is 14.0 Å². The van der Waals surface area contributed by atoms with Gasteiger partial charge in [-0.1, -0.05) is 17.7 Å². The second kappa shape index (κ2) is 6.54. The monoisotopic (exact) mass is 281 g/mol. The molecule has 0 fully saturated rings. The highest BCUT2D eigenvalue weighted by atomic mass is 35.5. The zero-order chi connectivity index (χ0) is 13.7. The minimum absolute atomic E-state index is 0.210. The van der Waals surface area contributed by atoms with Crippen LogP contribution in [-0.4, -0.2) is 28.5 Å². The molecule has 0 radical (unpaired) electrons. The number of rotatable bonds is 6. The van der Waals surface area contributed by atoms with E-state index in [-0.39, 0.29) is 6.10 Å². The third-order valence-electron chi connectivity index (χ3n) is 2.65. The van der Waals surface area contributed by atoms with Gasteiger partial charge in [0.05, 0.1) is 6.61 Å². The smallest absolute Gasteiger partial charge is 0.173 e. The van der Waals surface area contributed by atoms with Crippen LogP contribution < -0.4 is 4.74 Å². The molecule has 0 N–H and O–H groups in total. The Hall–Kier alpha value is -1.59. The van der Waals surface area contributed by atoms with Crippen molar-refractivity contribution < 1.29 is 9.47 Å². The fraction of sp³-hybridized carbons (Fsp3) is 0.385. The van der Waals surface area contributed by atoms with Gasteiger partial charge in [-0.05, 0) is 25.1 Å². The highest BCUT2D eigenvalue weighted by Gasteiger charge is 2.14. The Balaban J connectivity index is 2.07. The van der Waals surface area contributed by atoms with E-state index in [0.717, 1.165) is 5.82 Å². The molecule has 2 aromatic rings. The van der Waals surface area contributed by atoms with Crippen LogP contribution in [0.3, 0.4) is 0 Å². The second-order valence-electron chi connectivity index (χ2n) is 4.09.